The monoisotopic (exact) mass is 389 g/mol. The average molecular weight is 390 g/mol. The highest BCUT2D eigenvalue weighted by molar-refractivity contribution is 6.30. The van der Waals surface area contributed by atoms with E-state index < -0.39 is 0 Å². The molecule has 0 spiro atoms. The normalized spacial score (nSPS) is 10.9. The van der Waals surface area contributed by atoms with Crippen molar-refractivity contribution in [2.45, 2.75) is 20.8 Å². The molecule has 4 aromatic rings. The molecule has 0 bridgehead atoms. The van der Waals surface area contributed by atoms with Crippen LogP contribution >= 0.6 is 11.6 Å². The van der Waals surface area contributed by atoms with Crippen LogP contribution < -0.4 is 10.1 Å². The molecule has 0 unspecified atom stereocenters. The van der Waals surface area contributed by atoms with Crippen molar-refractivity contribution in [1.29, 1.82) is 0 Å². The number of rotatable bonds is 4. The first-order valence-electron chi connectivity index (χ1n) is 9.02. The molecule has 0 atom stereocenters. The first-order chi connectivity index (χ1) is 13.5. The zero-order valence-corrected chi connectivity index (χ0v) is 16.7. The molecule has 1 heterocycles. The third-order valence-corrected chi connectivity index (χ3v) is 4.98. The van der Waals surface area contributed by atoms with Gasteiger partial charge in [0.1, 0.15) is 23.6 Å². The summed E-state index contributed by atoms with van der Waals surface area (Å²) < 4.78 is 5.96. The molecule has 1 N–H and O–H groups in total. The minimum atomic E-state index is 0.640. The van der Waals surface area contributed by atoms with E-state index in [1.165, 1.54) is 11.1 Å². The van der Waals surface area contributed by atoms with E-state index in [9.17, 15) is 0 Å². The Morgan fingerprint density at radius 3 is 2.43 bits per heavy atom. The van der Waals surface area contributed by atoms with Gasteiger partial charge in [-0.25, -0.2) is 9.97 Å². The van der Waals surface area contributed by atoms with Gasteiger partial charge in [-0.1, -0.05) is 23.7 Å². The number of nitrogens with zero attached hydrogens (tertiary/aromatic N) is 2. The Bertz CT molecular complexity index is 1170. The summed E-state index contributed by atoms with van der Waals surface area (Å²) in [5.41, 5.74) is 5.36. The molecular formula is C23H20ClN3O. The highest BCUT2D eigenvalue weighted by Gasteiger charge is 2.09. The lowest BCUT2D eigenvalue weighted by atomic mass is 10.1. The van der Waals surface area contributed by atoms with E-state index >= 15 is 0 Å². The Morgan fingerprint density at radius 1 is 0.821 bits per heavy atom. The molecule has 0 radical (unpaired) electrons. The third kappa shape index (κ3) is 3.78. The number of nitrogens with one attached hydrogen (secondary N) is 1. The van der Waals surface area contributed by atoms with Gasteiger partial charge in [-0.15, -0.1) is 0 Å². The van der Waals surface area contributed by atoms with E-state index in [-0.39, 0.29) is 0 Å². The van der Waals surface area contributed by atoms with Gasteiger partial charge in [-0.05, 0) is 73.9 Å². The molecular weight excluding hydrogens is 370 g/mol. The SMILES string of the molecule is Cc1cc2ncnc(Nc3cc(Oc4cccc(Cl)c4)ccc3C)c2cc1C. The number of benzene rings is 3. The number of anilines is 2. The molecule has 140 valence electrons. The number of ether oxygens (including phenoxy) is 1. The molecule has 0 amide bonds. The summed E-state index contributed by atoms with van der Waals surface area (Å²) in [6.07, 6.45) is 1.58. The van der Waals surface area contributed by atoms with Gasteiger partial charge in [0.15, 0.2) is 0 Å². The average Bonchev–Trinajstić information content (AvgIpc) is 2.66. The van der Waals surface area contributed by atoms with Crippen LogP contribution in [0.5, 0.6) is 11.5 Å². The van der Waals surface area contributed by atoms with Gasteiger partial charge < -0.3 is 10.1 Å². The van der Waals surface area contributed by atoms with Crippen LogP contribution in [0, 0.1) is 20.8 Å². The predicted molar refractivity (Wildman–Crippen MR) is 115 cm³/mol. The van der Waals surface area contributed by atoms with Crippen molar-refractivity contribution in [3.05, 3.63) is 82.6 Å². The van der Waals surface area contributed by atoms with E-state index in [2.05, 4.69) is 41.3 Å². The van der Waals surface area contributed by atoms with Crippen LogP contribution in [0.3, 0.4) is 0 Å². The van der Waals surface area contributed by atoms with Crippen LogP contribution in [0.15, 0.2) is 60.9 Å². The number of aromatic nitrogens is 2. The quantitative estimate of drug-likeness (QED) is 0.419. The maximum absolute atomic E-state index is 6.05. The molecule has 0 aliphatic carbocycles. The molecule has 0 aliphatic heterocycles. The fourth-order valence-corrected chi connectivity index (χ4v) is 3.19. The van der Waals surface area contributed by atoms with Crippen molar-refractivity contribution in [3.8, 4) is 11.5 Å². The Hall–Kier alpha value is -3.11. The number of hydrogen-bond donors (Lipinski definition) is 1. The number of halogens is 1. The third-order valence-electron chi connectivity index (χ3n) is 4.74. The van der Waals surface area contributed by atoms with E-state index in [4.69, 9.17) is 16.3 Å². The van der Waals surface area contributed by atoms with Crippen LogP contribution in [0.1, 0.15) is 16.7 Å². The summed E-state index contributed by atoms with van der Waals surface area (Å²) in [7, 11) is 0. The summed E-state index contributed by atoms with van der Waals surface area (Å²) >= 11 is 6.05. The Balaban J connectivity index is 1.68. The van der Waals surface area contributed by atoms with Gasteiger partial charge in [0.25, 0.3) is 0 Å². The second kappa shape index (κ2) is 7.49. The first-order valence-corrected chi connectivity index (χ1v) is 9.40. The summed E-state index contributed by atoms with van der Waals surface area (Å²) in [4.78, 5) is 8.86. The molecule has 4 rings (SSSR count). The van der Waals surface area contributed by atoms with Crippen LogP contribution in [0.4, 0.5) is 11.5 Å². The smallest absolute Gasteiger partial charge is 0.141 e. The lowest BCUT2D eigenvalue weighted by molar-refractivity contribution is 0.483. The van der Waals surface area contributed by atoms with Crippen molar-refractivity contribution < 1.29 is 4.74 Å². The minimum Gasteiger partial charge on any atom is -0.457 e. The fraction of sp³-hybridized carbons (Fsp3) is 0.130. The highest BCUT2D eigenvalue weighted by Crippen LogP contribution is 2.31. The van der Waals surface area contributed by atoms with Crippen molar-refractivity contribution in [3.63, 3.8) is 0 Å². The van der Waals surface area contributed by atoms with Crippen LogP contribution in [-0.2, 0) is 0 Å². The summed E-state index contributed by atoms with van der Waals surface area (Å²) in [5.74, 6) is 2.19. The standard InChI is InChI=1S/C23H20ClN3O/c1-14-7-8-19(28-18-6-4-5-17(24)11-18)12-21(14)27-23-20-9-15(2)16(3)10-22(20)25-13-26-23/h4-13H,1-3H3,(H,25,26,27). The van der Waals surface area contributed by atoms with Gasteiger partial charge in [0, 0.05) is 22.2 Å². The lowest BCUT2D eigenvalue weighted by Gasteiger charge is -2.14. The van der Waals surface area contributed by atoms with Crippen LogP contribution in [-0.4, -0.2) is 9.97 Å². The minimum absolute atomic E-state index is 0.640. The van der Waals surface area contributed by atoms with E-state index in [0.717, 1.165) is 33.7 Å². The highest BCUT2D eigenvalue weighted by atomic mass is 35.5. The van der Waals surface area contributed by atoms with Crippen LogP contribution in [0.25, 0.3) is 10.9 Å². The van der Waals surface area contributed by atoms with Crippen molar-refractivity contribution >= 4 is 34.0 Å². The first kappa shape index (κ1) is 18.3. The molecule has 5 heteroatoms. The second-order valence-corrected chi connectivity index (χ2v) is 7.27. The van der Waals surface area contributed by atoms with Gasteiger partial charge in [-0.3, -0.25) is 0 Å². The number of hydrogen-bond acceptors (Lipinski definition) is 4. The van der Waals surface area contributed by atoms with Gasteiger partial charge in [0.2, 0.25) is 0 Å². The summed E-state index contributed by atoms with van der Waals surface area (Å²) in [6, 6.07) is 17.5. The topological polar surface area (TPSA) is 47.0 Å². The predicted octanol–water partition coefficient (Wildman–Crippen LogP) is 6.74. The molecule has 3 aromatic carbocycles. The van der Waals surface area contributed by atoms with Crippen LogP contribution in [0.2, 0.25) is 5.02 Å². The number of fused-ring (bicyclic) bond motifs is 1. The zero-order valence-electron chi connectivity index (χ0n) is 16.0. The second-order valence-electron chi connectivity index (χ2n) is 6.84. The van der Waals surface area contributed by atoms with E-state index in [1.54, 1.807) is 12.4 Å². The molecule has 1 aromatic heterocycles. The number of aryl methyl sites for hydroxylation is 3. The Morgan fingerprint density at radius 2 is 1.61 bits per heavy atom. The lowest BCUT2D eigenvalue weighted by Crippen LogP contribution is -1.99. The Labute approximate surface area is 169 Å². The van der Waals surface area contributed by atoms with Crippen molar-refractivity contribution in [1.82, 2.24) is 9.97 Å². The zero-order chi connectivity index (χ0) is 19.7. The van der Waals surface area contributed by atoms with Gasteiger partial charge in [-0.2, -0.15) is 0 Å². The molecule has 0 saturated carbocycles. The summed E-state index contributed by atoms with van der Waals surface area (Å²) in [5, 5.41) is 5.07. The molecule has 0 saturated heterocycles. The fourth-order valence-electron chi connectivity index (χ4n) is 3.01. The summed E-state index contributed by atoms with van der Waals surface area (Å²) in [6.45, 7) is 6.23. The van der Waals surface area contributed by atoms with E-state index in [1.807, 2.05) is 43.3 Å². The molecule has 0 aliphatic rings. The van der Waals surface area contributed by atoms with Crippen molar-refractivity contribution in [2.24, 2.45) is 0 Å². The molecule has 4 nitrogen and oxygen atoms in total. The van der Waals surface area contributed by atoms with E-state index in [0.29, 0.717) is 10.8 Å². The maximum atomic E-state index is 6.05. The maximum Gasteiger partial charge on any atom is 0.141 e. The molecule has 0 fully saturated rings. The largest absolute Gasteiger partial charge is 0.457 e. The van der Waals surface area contributed by atoms with Crippen molar-refractivity contribution in [2.75, 3.05) is 5.32 Å². The van der Waals surface area contributed by atoms with Gasteiger partial charge in [0.05, 0.1) is 5.52 Å². The van der Waals surface area contributed by atoms with Gasteiger partial charge >= 0.3 is 0 Å². The Kier molecular flexibility index (Phi) is 4.88. The molecule has 28 heavy (non-hydrogen) atoms.